The minimum absolute atomic E-state index is 0.159. The van der Waals surface area contributed by atoms with Crippen molar-refractivity contribution < 1.29 is 9.53 Å². The van der Waals surface area contributed by atoms with E-state index >= 15 is 0 Å². The minimum Gasteiger partial charge on any atom is -0.427 e. The molecule has 1 aliphatic carbocycles. The smallest absolute Gasteiger partial charge is 0.311 e. The molecule has 0 amide bonds. The summed E-state index contributed by atoms with van der Waals surface area (Å²) in [4.78, 5) is 11.7. The fourth-order valence-corrected chi connectivity index (χ4v) is 5.75. The lowest BCUT2D eigenvalue weighted by Crippen LogP contribution is -2.13. The molecule has 0 heterocycles. The van der Waals surface area contributed by atoms with E-state index in [2.05, 4.69) is 31.2 Å². The molecule has 1 saturated carbocycles. The molecule has 0 radical (unpaired) electrons. The van der Waals surface area contributed by atoms with Crippen molar-refractivity contribution in [2.75, 3.05) is 0 Å². The topological polar surface area (TPSA) is 26.3 Å². The summed E-state index contributed by atoms with van der Waals surface area (Å²) in [6.45, 7) is 4.28. The van der Waals surface area contributed by atoms with Crippen molar-refractivity contribution in [1.82, 2.24) is 0 Å². The fourth-order valence-electron chi connectivity index (χ4n) is 5.75. The second-order valence-electron chi connectivity index (χ2n) is 11.1. The highest BCUT2D eigenvalue weighted by molar-refractivity contribution is 5.73. The van der Waals surface area contributed by atoms with Gasteiger partial charge in [0.2, 0.25) is 0 Å². The number of ether oxygens (including phenoxy) is 1. The van der Waals surface area contributed by atoms with Crippen LogP contribution in [-0.2, 0) is 4.79 Å². The van der Waals surface area contributed by atoms with Crippen molar-refractivity contribution in [3.8, 4) is 16.9 Å². The van der Waals surface area contributed by atoms with Gasteiger partial charge in [0.1, 0.15) is 5.75 Å². The summed E-state index contributed by atoms with van der Waals surface area (Å²) in [5.74, 6) is 2.15. The van der Waals surface area contributed by atoms with Gasteiger partial charge in [0.15, 0.2) is 0 Å². The molecule has 2 nitrogen and oxygen atoms in total. The molecule has 0 unspecified atom stereocenters. The zero-order valence-electron chi connectivity index (χ0n) is 23.1. The molecule has 2 heteroatoms. The van der Waals surface area contributed by atoms with Crippen LogP contribution in [0.2, 0.25) is 0 Å². The van der Waals surface area contributed by atoms with Crippen LogP contribution in [0.25, 0.3) is 11.1 Å². The van der Waals surface area contributed by atoms with Crippen molar-refractivity contribution in [2.24, 2.45) is 5.92 Å². The van der Waals surface area contributed by atoms with Crippen molar-refractivity contribution >= 4 is 5.97 Å². The van der Waals surface area contributed by atoms with Crippen LogP contribution in [0.3, 0.4) is 0 Å². The Morgan fingerprint density at radius 2 is 1.19 bits per heavy atom. The Hall–Kier alpha value is -2.09. The number of unbranched alkanes of at least 4 members (excludes halogenated alkanes) is 9. The highest BCUT2D eigenvalue weighted by Crippen LogP contribution is 2.38. The summed E-state index contributed by atoms with van der Waals surface area (Å²) in [6, 6.07) is 17.0. The highest BCUT2D eigenvalue weighted by atomic mass is 16.5. The van der Waals surface area contributed by atoms with Crippen LogP contribution in [0.4, 0.5) is 0 Å². The lowest BCUT2D eigenvalue weighted by Gasteiger charge is -2.29. The molecule has 1 aliphatic rings. The summed E-state index contributed by atoms with van der Waals surface area (Å²) in [5.41, 5.74) is 3.89. The predicted octanol–water partition coefficient (Wildman–Crippen LogP) is 10.6. The molecule has 0 spiro atoms. The second kappa shape index (κ2) is 16.6. The van der Waals surface area contributed by atoms with E-state index in [1.165, 1.54) is 107 Å². The second-order valence-corrected chi connectivity index (χ2v) is 11.1. The van der Waals surface area contributed by atoms with E-state index in [0.717, 1.165) is 23.8 Å². The molecular formula is C34H50O2. The molecule has 2 aromatic rings. The molecule has 0 saturated heterocycles. The van der Waals surface area contributed by atoms with E-state index in [0.29, 0.717) is 12.2 Å². The summed E-state index contributed by atoms with van der Waals surface area (Å²) < 4.78 is 5.38. The Balaban J connectivity index is 1.32. The van der Waals surface area contributed by atoms with Gasteiger partial charge in [0.05, 0.1) is 0 Å². The van der Waals surface area contributed by atoms with Crippen LogP contribution in [0.1, 0.15) is 134 Å². The third-order valence-electron chi connectivity index (χ3n) is 8.07. The molecule has 2 aromatic carbocycles. The molecule has 0 aromatic heterocycles. The van der Waals surface area contributed by atoms with Gasteiger partial charge in [-0.1, -0.05) is 121 Å². The van der Waals surface area contributed by atoms with Gasteiger partial charge in [0, 0.05) is 6.42 Å². The van der Waals surface area contributed by atoms with Gasteiger partial charge < -0.3 is 4.74 Å². The number of benzene rings is 2. The molecular weight excluding hydrogens is 440 g/mol. The molecule has 0 atom stereocenters. The average Bonchev–Trinajstić information content (AvgIpc) is 2.91. The average molecular weight is 491 g/mol. The summed E-state index contributed by atoms with van der Waals surface area (Å²) in [7, 11) is 0. The normalized spacial score (nSPS) is 17.7. The Kier molecular flexibility index (Phi) is 13.1. The van der Waals surface area contributed by atoms with Gasteiger partial charge in [-0.2, -0.15) is 0 Å². The highest BCUT2D eigenvalue weighted by Gasteiger charge is 2.22. The van der Waals surface area contributed by atoms with Gasteiger partial charge in [0.25, 0.3) is 0 Å². The van der Waals surface area contributed by atoms with E-state index in [1.54, 1.807) is 0 Å². The van der Waals surface area contributed by atoms with Gasteiger partial charge in [-0.05, 0) is 72.8 Å². The number of hydrogen-bond donors (Lipinski definition) is 0. The molecule has 0 N–H and O–H groups in total. The van der Waals surface area contributed by atoms with Crippen molar-refractivity contribution in [3.63, 3.8) is 0 Å². The maximum Gasteiger partial charge on any atom is 0.311 e. The first-order chi connectivity index (χ1) is 17.7. The Labute approximate surface area is 221 Å². The molecule has 0 bridgehead atoms. The van der Waals surface area contributed by atoms with Crippen LogP contribution in [-0.4, -0.2) is 5.97 Å². The van der Waals surface area contributed by atoms with E-state index in [9.17, 15) is 4.79 Å². The van der Waals surface area contributed by atoms with E-state index in [4.69, 9.17) is 4.74 Å². The van der Waals surface area contributed by atoms with Crippen LogP contribution in [0.15, 0.2) is 48.5 Å². The van der Waals surface area contributed by atoms with Gasteiger partial charge in [-0.3, -0.25) is 4.79 Å². The third-order valence-corrected chi connectivity index (χ3v) is 8.07. The summed E-state index contributed by atoms with van der Waals surface area (Å²) in [6.07, 6.45) is 22.6. The molecule has 0 aliphatic heterocycles. The van der Waals surface area contributed by atoms with E-state index in [-0.39, 0.29) is 5.97 Å². The van der Waals surface area contributed by atoms with Crippen LogP contribution in [0.5, 0.6) is 5.75 Å². The Bertz CT molecular complexity index is 844. The number of carbonyl (C=O) groups is 1. The maximum absolute atomic E-state index is 11.7. The lowest BCUT2D eigenvalue weighted by atomic mass is 9.77. The maximum atomic E-state index is 11.7. The first kappa shape index (κ1) is 28.5. The SMILES string of the molecule is CCCCCCCCCCCCC1CCC(c2ccc(-c3ccc(OC(=O)CCC)cc3)cc2)CC1. The monoisotopic (exact) mass is 490 g/mol. The largest absolute Gasteiger partial charge is 0.427 e. The van der Waals surface area contributed by atoms with Gasteiger partial charge >= 0.3 is 5.97 Å². The number of carbonyl (C=O) groups excluding carboxylic acids is 1. The predicted molar refractivity (Wildman–Crippen MR) is 154 cm³/mol. The van der Waals surface area contributed by atoms with Crippen LogP contribution >= 0.6 is 0 Å². The van der Waals surface area contributed by atoms with E-state index < -0.39 is 0 Å². The molecule has 3 rings (SSSR count). The standard InChI is InChI=1S/C34H50O2/c1-3-5-6-7-8-9-10-11-12-13-15-28-16-18-29(19-17-28)30-20-22-31(23-21-30)32-24-26-33(27-25-32)36-34(35)14-4-2/h20-29H,3-19H2,1-2H3. The number of hydrogen-bond acceptors (Lipinski definition) is 2. The minimum atomic E-state index is -0.159. The van der Waals surface area contributed by atoms with E-state index in [1.807, 2.05) is 31.2 Å². The van der Waals surface area contributed by atoms with Gasteiger partial charge in [-0.25, -0.2) is 0 Å². The molecule has 1 fully saturated rings. The molecule has 36 heavy (non-hydrogen) atoms. The zero-order valence-corrected chi connectivity index (χ0v) is 23.1. The summed E-state index contributed by atoms with van der Waals surface area (Å²) >= 11 is 0. The summed E-state index contributed by atoms with van der Waals surface area (Å²) in [5, 5.41) is 0. The van der Waals surface area contributed by atoms with Crippen molar-refractivity contribution in [3.05, 3.63) is 54.1 Å². The Morgan fingerprint density at radius 1 is 0.667 bits per heavy atom. The van der Waals surface area contributed by atoms with Crippen molar-refractivity contribution in [2.45, 2.75) is 129 Å². The van der Waals surface area contributed by atoms with Crippen molar-refractivity contribution in [1.29, 1.82) is 0 Å². The van der Waals surface area contributed by atoms with Crippen LogP contribution in [0, 0.1) is 5.92 Å². The molecule has 198 valence electrons. The fraction of sp³-hybridized carbons (Fsp3) is 0.618. The number of rotatable bonds is 16. The zero-order chi connectivity index (χ0) is 25.4. The lowest BCUT2D eigenvalue weighted by molar-refractivity contribution is -0.134. The number of esters is 1. The first-order valence-corrected chi connectivity index (χ1v) is 15.1. The van der Waals surface area contributed by atoms with Gasteiger partial charge in [-0.15, -0.1) is 0 Å². The first-order valence-electron chi connectivity index (χ1n) is 15.1. The third kappa shape index (κ3) is 10.1. The quantitative estimate of drug-likeness (QED) is 0.133. The van der Waals surface area contributed by atoms with Crippen LogP contribution < -0.4 is 4.74 Å². The Morgan fingerprint density at radius 3 is 1.75 bits per heavy atom.